The van der Waals surface area contributed by atoms with E-state index in [1.807, 2.05) is 11.4 Å². The second-order valence-corrected chi connectivity index (χ2v) is 5.01. The zero-order chi connectivity index (χ0) is 12.3. The molecule has 0 aliphatic heterocycles. The third-order valence-electron chi connectivity index (χ3n) is 2.00. The minimum atomic E-state index is -1.08. The van der Waals surface area contributed by atoms with Crippen LogP contribution in [0.2, 0.25) is 0 Å². The van der Waals surface area contributed by atoms with Gasteiger partial charge in [-0.25, -0.2) is 4.79 Å². The van der Waals surface area contributed by atoms with Gasteiger partial charge in [0, 0.05) is 9.35 Å². The number of carbonyl (C=O) groups is 1. The highest BCUT2D eigenvalue weighted by molar-refractivity contribution is 9.10. The lowest BCUT2D eigenvalue weighted by Crippen LogP contribution is -2.05. The fourth-order valence-electron chi connectivity index (χ4n) is 1.16. The minimum Gasteiger partial charge on any atom is -0.476 e. The van der Waals surface area contributed by atoms with Gasteiger partial charge in [0.1, 0.15) is 5.82 Å². The average Bonchev–Trinajstić information content (AvgIpc) is 2.73. The van der Waals surface area contributed by atoms with Crippen molar-refractivity contribution in [3.05, 3.63) is 38.6 Å². The van der Waals surface area contributed by atoms with Crippen molar-refractivity contribution in [3.8, 4) is 0 Å². The van der Waals surface area contributed by atoms with Gasteiger partial charge in [-0.05, 0) is 39.5 Å². The lowest BCUT2D eigenvalue weighted by atomic mass is 10.4. The molecule has 0 bridgehead atoms. The molecule has 5 nitrogen and oxygen atoms in total. The number of anilines is 1. The van der Waals surface area contributed by atoms with Gasteiger partial charge < -0.3 is 10.4 Å². The van der Waals surface area contributed by atoms with E-state index in [9.17, 15) is 4.79 Å². The lowest BCUT2D eigenvalue weighted by Gasteiger charge is -2.03. The number of nitrogens with zero attached hydrogens (tertiary/aromatic N) is 2. The minimum absolute atomic E-state index is 0.0622. The molecule has 2 aromatic heterocycles. The molecule has 0 saturated heterocycles. The molecule has 2 heterocycles. The molecule has 0 radical (unpaired) electrons. The Morgan fingerprint density at radius 2 is 2.24 bits per heavy atom. The van der Waals surface area contributed by atoms with Crippen LogP contribution in [0.5, 0.6) is 0 Å². The Kier molecular flexibility index (Phi) is 3.70. The maximum Gasteiger partial charge on any atom is 0.356 e. The summed E-state index contributed by atoms with van der Waals surface area (Å²) in [6.45, 7) is 0.624. The van der Waals surface area contributed by atoms with Crippen LogP contribution in [0, 0.1) is 0 Å². The Bertz CT molecular complexity index is 527. The van der Waals surface area contributed by atoms with Crippen molar-refractivity contribution in [1.82, 2.24) is 10.2 Å². The van der Waals surface area contributed by atoms with Crippen LogP contribution >= 0.6 is 27.3 Å². The van der Waals surface area contributed by atoms with E-state index in [2.05, 4.69) is 31.4 Å². The first-order chi connectivity index (χ1) is 8.16. The van der Waals surface area contributed by atoms with E-state index >= 15 is 0 Å². The predicted octanol–water partition coefficient (Wildman–Crippen LogP) is 2.61. The summed E-state index contributed by atoms with van der Waals surface area (Å²) in [5.41, 5.74) is -0.0622. The second kappa shape index (κ2) is 5.24. The van der Waals surface area contributed by atoms with Crippen LogP contribution in [-0.2, 0) is 6.54 Å². The van der Waals surface area contributed by atoms with Gasteiger partial charge in [0.25, 0.3) is 0 Å². The van der Waals surface area contributed by atoms with E-state index in [1.165, 1.54) is 6.07 Å². The summed E-state index contributed by atoms with van der Waals surface area (Å²) in [6, 6.07) is 4.99. The molecule has 2 aromatic rings. The first-order valence-corrected chi connectivity index (χ1v) is 6.37. The summed E-state index contributed by atoms with van der Waals surface area (Å²) in [4.78, 5) is 11.7. The van der Waals surface area contributed by atoms with Gasteiger partial charge in [-0.3, -0.25) is 0 Å². The number of aromatic carboxylic acids is 1. The van der Waals surface area contributed by atoms with Crippen molar-refractivity contribution < 1.29 is 9.90 Å². The summed E-state index contributed by atoms with van der Waals surface area (Å²) in [5.74, 6) is -0.527. The molecule has 0 unspecified atom stereocenters. The van der Waals surface area contributed by atoms with Gasteiger partial charge in [0.15, 0.2) is 5.69 Å². The SMILES string of the molecule is O=C(O)c1ccc(NCc2sccc2Br)nn1. The van der Waals surface area contributed by atoms with Crippen LogP contribution in [0.15, 0.2) is 28.1 Å². The van der Waals surface area contributed by atoms with Gasteiger partial charge in [-0.2, -0.15) is 0 Å². The second-order valence-electron chi connectivity index (χ2n) is 3.15. The summed E-state index contributed by atoms with van der Waals surface area (Å²) in [6.07, 6.45) is 0. The normalized spacial score (nSPS) is 10.2. The first kappa shape index (κ1) is 12.0. The molecule has 0 aromatic carbocycles. The lowest BCUT2D eigenvalue weighted by molar-refractivity contribution is 0.0689. The van der Waals surface area contributed by atoms with Crippen LogP contribution in [-0.4, -0.2) is 21.3 Å². The summed E-state index contributed by atoms with van der Waals surface area (Å²) >= 11 is 5.05. The Morgan fingerprint density at radius 1 is 1.41 bits per heavy atom. The van der Waals surface area contributed by atoms with Gasteiger partial charge >= 0.3 is 5.97 Å². The molecular formula is C10H8BrN3O2S. The Labute approximate surface area is 110 Å². The first-order valence-electron chi connectivity index (χ1n) is 4.69. The Morgan fingerprint density at radius 3 is 2.76 bits per heavy atom. The van der Waals surface area contributed by atoms with Crippen molar-refractivity contribution in [2.45, 2.75) is 6.54 Å². The van der Waals surface area contributed by atoms with E-state index in [0.717, 1.165) is 9.35 Å². The van der Waals surface area contributed by atoms with Crippen LogP contribution in [0.25, 0.3) is 0 Å². The summed E-state index contributed by atoms with van der Waals surface area (Å²) in [7, 11) is 0. The number of carboxylic acids is 1. The number of nitrogens with one attached hydrogen (secondary N) is 1. The number of hydrogen-bond donors (Lipinski definition) is 2. The molecule has 0 saturated carbocycles. The standard InChI is InChI=1S/C10H8BrN3O2S/c11-6-3-4-17-8(6)5-12-9-2-1-7(10(15)16)13-14-9/h1-4H,5H2,(H,12,14)(H,15,16). The molecule has 7 heteroatoms. The molecule has 0 spiro atoms. The van der Waals surface area contributed by atoms with Crippen molar-refractivity contribution in [2.24, 2.45) is 0 Å². The van der Waals surface area contributed by atoms with Crippen molar-refractivity contribution >= 4 is 39.1 Å². The maximum absolute atomic E-state index is 10.6. The number of aromatic nitrogens is 2. The molecule has 0 amide bonds. The number of rotatable bonds is 4. The third-order valence-corrected chi connectivity index (χ3v) is 3.93. The molecule has 17 heavy (non-hydrogen) atoms. The van der Waals surface area contributed by atoms with Gasteiger partial charge in [-0.1, -0.05) is 0 Å². The molecule has 0 atom stereocenters. The van der Waals surface area contributed by atoms with Gasteiger partial charge in [-0.15, -0.1) is 21.5 Å². The van der Waals surface area contributed by atoms with E-state index in [1.54, 1.807) is 17.4 Å². The van der Waals surface area contributed by atoms with Crippen LogP contribution in [0.3, 0.4) is 0 Å². The van der Waals surface area contributed by atoms with E-state index in [-0.39, 0.29) is 5.69 Å². The van der Waals surface area contributed by atoms with Crippen LogP contribution in [0.1, 0.15) is 15.4 Å². The van der Waals surface area contributed by atoms with E-state index < -0.39 is 5.97 Å². The van der Waals surface area contributed by atoms with Crippen LogP contribution < -0.4 is 5.32 Å². The number of carboxylic acid groups (broad SMARTS) is 1. The monoisotopic (exact) mass is 313 g/mol. The summed E-state index contributed by atoms with van der Waals surface area (Å²) in [5, 5.41) is 21.1. The molecule has 0 aliphatic rings. The number of thiophene rings is 1. The number of hydrogen-bond acceptors (Lipinski definition) is 5. The van der Waals surface area contributed by atoms with E-state index in [4.69, 9.17) is 5.11 Å². The topological polar surface area (TPSA) is 75.1 Å². The van der Waals surface area contributed by atoms with E-state index in [0.29, 0.717) is 12.4 Å². The molecule has 88 valence electrons. The molecule has 2 rings (SSSR count). The zero-order valence-corrected chi connectivity index (χ0v) is 11.0. The highest BCUT2D eigenvalue weighted by atomic mass is 79.9. The number of halogens is 1. The van der Waals surface area contributed by atoms with Crippen molar-refractivity contribution in [1.29, 1.82) is 0 Å². The fraction of sp³-hybridized carbons (Fsp3) is 0.100. The maximum atomic E-state index is 10.6. The smallest absolute Gasteiger partial charge is 0.356 e. The molecule has 2 N–H and O–H groups in total. The molecular weight excluding hydrogens is 306 g/mol. The van der Waals surface area contributed by atoms with Gasteiger partial charge in [0.2, 0.25) is 0 Å². The highest BCUT2D eigenvalue weighted by Gasteiger charge is 2.05. The average molecular weight is 314 g/mol. The zero-order valence-electron chi connectivity index (χ0n) is 8.55. The van der Waals surface area contributed by atoms with Crippen molar-refractivity contribution in [3.63, 3.8) is 0 Å². The largest absolute Gasteiger partial charge is 0.476 e. The Hall–Kier alpha value is -1.47. The van der Waals surface area contributed by atoms with Crippen LogP contribution in [0.4, 0.5) is 5.82 Å². The predicted molar refractivity (Wildman–Crippen MR) is 68.3 cm³/mol. The molecule has 0 fully saturated rings. The van der Waals surface area contributed by atoms with Crippen molar-refractivity contribution in [2.75, 3.05) is 5.32 Å². The Balaban J connectivity index is 2.00. The third kappa shape index (κ3) is 3.01. The highest BCUT2D eigenvalue weighted by Crippen LogP contribution is 2.23. The fourth-order valence-corrected chi connectivity index (χ4v) is 2.59. The van der Waals surface area contributed by atoms with Gasteiger partial charge in [0.05, 0.1) is 6.54 Å². The quantitative estimate of drug-likeness (QED) is 0.907. The summed E-state index contributed by atoms with van der Waals surface area (Å²) < 4.78 is 1.05. The molecule has 0 aliphatic carbocycles.